The fourth-order valence-corrected chi connectivity index (χ4v) is 5.27. The minimum absolute atomic E-state index is 0.00442. The van der Waals surface area contributed by atoms with Gasteiger partial charge in [-0.1, -0.05) is 23.8 Å². The average molecular weight is 527 g/mol. The number of fused-ring (bicyclic) bond motifs is 3. The van der Waals surface area contributed by atoms with Gasteiger partial charge in [-0.25, -0.2) is 4.79 Å². The molecule has 0 spiro atoms. The summed E-state index contributed by atoms with van der Waals surface area (Å²) in [5, 5.41) is 11.8. The van der Waals surface area contributed by atoms with Crippen molar-refractivity contribution in [3.63, 3.8) is 0 Å². The van der Waals surface area contributed by atoms with Crippen LogP contribution in [-0.4, -0.2) is 35.7 Å². The summed E-state index contributed by atoms with van der Waals surface area (Å²) in [4.78, 5) is 38.0. The highest BCUT2D eigenvalue weighted by Gasteiger charge is 2.36. The highest BCUT2D eigenvalue weighted by atomic mass is 35.5. The summed E-state index contributed by atoms with van der Waals surface area (Å²) < 4.78 is 22.1. The van der Waals surface area contributed by atoms with Crippen molar-refractivity contribution in [3.8, 4) is 23.0 Å². The van der Waals surface area contributed by atoms with Gasteiger partial charge in [0.1, 0.15) is 22.8 Å². The SMILES string of the molecule is C[C@H]1CCCC(=O)CCCC=Cc2cc3c(c(O)c2C(=O)O1)C(c1cc(Cl)c2c(c1)OCO2)CC(=O)O3. The molecule has 0 saturated heterocycles. The summed E-state index contributed by atoms with van der Waals surface area (Å²) in [6, 6.07) is 4.95. The second-order valence-corrected chi connectivity index (χ2v) is 9.92. The number of Topliss-reactive ketones (excluding diaryl/α,β-unsaturated/α-hetero) is 1. The highest BCUT2D eigenvalue weighted by molar-refractivity contribution is 6.32. The minimum atomic E-state index is -0.685. The number of aromatic hydroxyl groups is 1. The maximum Gasteiger partial charge on any atom is 0.342 e. The number of phenolic OH excluding ortho intramolecular Hbond substituents is 1. The second kappa shape index (κ2) is 10.5. The smallest absolute Gasteiger partial charge is 0.342 e. The van der Waals surface area contributed by atoms with E-state index < -0.39 is 24.0 Å². The number of ether oxygens (including phenoxy) is 4. The molecule has 2 atom stereocenters. The first kappa shape index (κ1) is 25.1. The minimum Gasteiger partial charge on any atom is -0.507 e. The third-order valence-corrected chi connectivity index (χ3v) is 7.11. The van der Waals surface area contributed by atoms with E-state index in [0.29, 0.717) is 71.7 Å². The number of benzene rings is 2. The van der Waals surface area contributed by atoms with Gasteiger partial charge in [-0.15, -0.1) is 0 Å². The first-order valence-corrected chi connectivity index (χ1v) is 12.8. The van der Waals surface area contributed by atoms with Gasteiger partial charge < -0.3 is 24.1 Å². The van der Waals surface area contributed by atoms with Crippen molar-refractivity contribution in [2.45, 2.75) is 63.9 Å². The molecule has 0 radical (unpaired) electrons. The Morgan fingerprint density at radius 1 is 1.03 bits per heavy atom. The van der Waals surface area contributed by atoms with Crippen LogP contribution in [0.5, 0.6) is 23.0 Å². The quantitative estimate of drug-likeness (QED) is 0.372. The van der Waals surface area contributed by atoms with Gasteiger partial charge in [-0.2, -0.15) is 0 Å². The lowest BCUT2D eigenvalue weighted by molar-refractivity contribution is -0.135. The largest absolute Gasteiger partial charge is 0.507 e. The third-order valence-electron chi connectivity index (χ3n) is 6.83. The molecule has 2 aromatic carbocycles. The fourth-order valence-electron chi connectivity index (χ4n) is 4.99. The van der Waals surface area contributed by atoms with Gasteiger partial charge in [0.15, 0.2) is 11.5 Å². The van der Waals surface area contributed by atoms with Gasteiger partial charge >= 0.3 is 11.9 Å². The van der Waals surface area contributed by atoms with E-state index >= 15 is 0 Å². The molecule has 37 heavy (non-hydrogen) atoms. The fraction of sp³-hybridized carbons (Fsp3) is 0.393. The van der Waals surface area contributed by atoms with Gasteiger partial charge in [0.05, 0.1) is 17.5 Å². The molecule has 2 aromatic rings. The van der Waals surface area contributed by atoms with E-state index in [2.05, 4.69) is 0 Å². The predicted octanol–water partition coefficient (Wildman–Crippen LogP) is 5.70. The van der Waals surface area contributed by atoms with E-state index in [1.165, 1.54) is 0 Å². The first-order chi connectivity index (χ1) is 17.8. The van der Waals surface area contributed by atoms with Crippen LogP contribution in [0.1, 0.15) is 84.8 Å². The number of hydrogen-bond acceptors (Lipinski definition) is 8. The Bertz CT molecular complexity index is 1300. The molecule has 5 rings (SSSR count). The molecule has 1 N–H and O–H groups in total. The lowest BCUT2D eigenvalue weighted by atomic mass is 9.83. The summed E-state index contributed by atoms with van der Waals surface area (Å²) in [5.74, 6) is -0.895. The Kier molecular flexibility index (Phi) is 7.11. The Labute approximate surface area is 219 Å². The molecule has 9 heteroatoms. The van der Waals surface area contributed by atoms with Crippen LogP contribution in [0.25, 0.3) is 6.08 Å². The zero-order chi connectivity index (χ0) is 26.1. The number of phenols is 1. The maximum atomic E-state index is 13.3. The van der Waals surface area contributed by atoms with Gasteiger partial charge in [0, 0.05) is 24.3 Å². The maximum absolute atomic E-state index is 13.3. The van der Waals surface area contributed by atoms with Gasteiger partial charge in [-0.3, -0.25) is 9.59 Å². The van der Waals surface area contributed by atoms with Crippen LogP contribution in [0.3, 0.4) is 0 Å². The van der Waals surface area contributed by atoms with Crippen LogP contribution in [0.15, 0.2) is 24.3 Å². The van der Waals surface area contributed by atoms with Gasteiger partial charge in [0.2, 0.25) is 6.79 Å². The first-order valence-electron chi connectivity index (χ1n) is 12.4. The molecular weight excluding hydrogens is 500 g/mol. The molecule has 3 aliphatic heterocycles. The molecule has 194 valence electrons. The number of carbonyl (C=O) groups is 3. The number of esters is 2. The van der Waals surface area contributed by atoms with Crippen LogP contribution in [0.2, 0.25) is 5.02 Å². The van der Waals surface area contributed by atoms with Crippen molar-refractivity contribution < 1.29 is 38.4 Å². The van der Waals surface area contributed by atoms with E-state index in [4.69, 9.17) is 30.5 Å². The summed E-state index contributed by atoms with van der Waals surface area (Å²) in [6.07, 6.45) is 6.40. The van der Waals surface area contributed by atoms with Crippen molar-refractivity contribution in [2.24, 2.45) is 0 Å². The Morgan fingerprint density at radius 2 is 1.84 bits per heavy atom. The molecule has 3 heterocycles. The number of allylic oxidation sites excluding steroid dienone is 1. The van der Waals surface area contributed by atoms with Crippen LogP contribution in [-0.2, 0) is 14.3 Å². The van der Waals surface area contributed by atoms with Crippen LogP contribution in [0, 0.1) is 0 Å². The van der Waals surface area contributed by atoms with E-state index in [-0.39, 0.29) is 36.1 Å². The van der Waals surface area contributed by atoms with Crippen LogP contribution < -0.4 is 14.2 Å². The zero-order valence-electron chi connectivity index (χ0n) is 20.4. The Morgan fingerprint density at radius 3 is 2.68 bits per heavy atom. The molecule has 3 aliphatic rings. The molecule has 0 bridgehead atoms. The van der Waals surface area contributed by atoms with Crippen molar-refractivity contribution in [2.75, 3.05) is 6.79 Å². The number of rotatable bonds is 1. The van der Waals surface area contributed by atoms with Crippen molar-refractivity contribution in [1.29, 1.82) is 0 Å². The molecule has 0 aromatic heterocycles. The number of carbonyl (C=O) groups excluding carboxylic acids is 3. The monoisotopic (exact) mass is 526 g/mol. The van der Waals surface area contributed by atoms with Gasteiger partial charge in [0.25, 0.3) is 0 Å². The zero-order valence-corrected chi connectivity index (χ0v) is 21.1. The molecule has 0 fully saturated rings. The molecule has 0 saturated carbocycles. The lowest BCUT2D eigenvalue weighted by Gasteiger charge is -2.28. The van der Waals surface area contributed by atoms with Crippen LogP contribution >= 0.6 is 11.6 Å². The molecule has 0 amide bonds. The Hall–Kier alpha value is -3.52. The second-order valence-electron chi connectivity index (χ2n) is 9.51. The van der Waals surface area contributed by atoms with Crippen molar-refractivity contribution >= 4 is 35.4 Å². The Balaban J connectivity index is 1.60. The van der Waals surface area contributed by atoms with E-state index in [0.717, 1.165) is 0 Å². The molecular formula is C28H27ClO8. The highest BCUT2D eigenvalue weighted by Crippen LogP contribution is 2.50. The lowest BCUT2D eigenvalue weighted by Crippen LogP contribution is -2.23. The van der Waals surface area contributed by atoms with Crippen molar-refractivity contribution in [1.82, 2.24) is 0 Å². The number of ketones is 1. The summed E-state index contributed by atoms with van der Waals surface area (Å²) in [5.41, 5.74) is 1.29. The number of cyclic esters (lactones) is 1. The summed E-state index contributed by atoms with van der Waals surface area (Å²) in [6.45, 7) is 1.80. The average Bonchev–Trinajstić information content (AvgIpc) is 3.32. The third kappa shape index (κ3) is 5.16. The van der Waals surface area contributed by atoms with Gasteiger partial charge in [-0.05, 0) is 61.9 Å². The molecule has 0 aliphatic carbocycles. The number of hydrogen-bond donors (Lipinski definition) is 1. The van der Waals surface area contributed by atoms with E-state index in [1.807, 2.05) is 6.08 Å². The summed E-state index contributed by atoms with van der Waals surface area (Å²) in [7, 11) is 0. The molecule has 1 unspecified atom stereocenters. The summed E-state index contributed by atoms with van der Waals surface area (Å²) >= 11 is 6.40. The standard InChI is InChI=1S/C28H27ClO8/c1-15-6-5-9-18(30)8-4-2-3-7-16-11-21-25(26(32)24(16)28(33)36-15)19(13-23(31)37-21)17-10-20(29)27-22(12-17)34-14-35-27/h3,7,10-12,15,19,32H,2,4-6,8-9,13-14H2,1H3/t15-,19?/m0/s1. The van der Waals surface area contributed by atoms with Crippen molar-refractivity contribution in [3.05, 3.63) is 51.6 Å². The van der Waals surface area contributed by atoms with E-state index in [9.17, 15) is 19.5 Å². The number of halogens is 1. The van der Waals surface area contributed by atoms with Crippen LogP contribution in [0.4, 0.5) is 0 Å². The predicted molar refractivity (Wildman–Crippen MR) is 134 cm³/mol. The molecule has 8 nitrogen and oxygen atoms in total. The van der Waals surface area contributed by atoms with E-state index in [1.54, 1.807) is 31.2 Å². The topological polar surface area (TPSA) is 108 Å². The normalized spacial score (nSPS) is 21.9.